The first-order chi connectivity index (χ1) is 20.3. The first-order valence-corrected chi connectivity index (χ1v) is 14.7. The zero-order valence-electron chi connectivity index (χ0n) is 23.8. The maximum atomic E-state index is 13.4. The summed E-state index contributed by atoms with van der Waals surface area (Å²) in [6, 6.07) is 24.4. The highest BCUT2D eigenvalue weighted by Crippen LogP contribution is 2.23. The van der Waals surface area contributed by atoms with Crippen molar-refractivity contribution in [2.45, 2.75) is 40.0 Å². The van der Waals surface area contributed by atoms with E-state index >= 15 is 0 Å². The second-order valence-corrected chi connectivity index (χ2v) is 10.9. The molecule has 0 saturated carbocycles. The number of aryl methyl sites for hydroxylation is 2. The van der Waals surface area contributed by atoms with Crippen molar-refractivity contribution in [3.63, 3.8) is 0 Å². The van der Waals surface area contributed by atoms with E-state index in [2.05, 4.69) is 37.8 Å². The Kier molecular flexibility index (Phi) is 8.97. The lowest BCUT2D eigenvalue weighted by Crippen LogP contribution is -2.22. The number of anilines is 1. The molecule has 0 aliphatic carbocycles. The molecule has 0 atom stereocenters. The van der Waals surface area contributed by atoms with Crippen molar-refractivity contribution in [1.29, 1.82) is 0 Å². The summed E-state index contributed by atoms with van der Waals surface area (Å²) in [6.07, 6.45) is 4.29. The normalized spacial score (nSPS) is 11.3. The molecule has 0 radical (unpaired) electrons. The topological polar surface area (TPSA) is 90.5 Å². The van der Waals surface area contributed by atoms with Crippen molar-refractivity contribution >= 4 is 44.6 Å². The molecule has 0 bridgehead atoms. The molecule has 3 aromatic carbocycles. The number of nitrogens with zero attached hydrogens (tertiary/aromatic N) is 4. The SMILES string of the molecule is CCCCc1nc2ccc(Br)cc2c(=O)n1N=Cc1cc(C)n(-c2ccc(OCC(=O)Nc3ccccc3)cc2)c1C. The van der Waals surface area contributed by atoms with Gasteiger partial charge in [-0.05, 0) is 80.9 Å². The largest absolute Gasteiger partial charge is 0.484 e. The van der Waals surface area contributed by atoms with Gasteiger partial charge in [0.2, 0.25) is 0 Å². The number of aromatic nitrogens is 3. The van der Waals surface area contributed by atoms with E-state index in [0.29, 0.717) is 28.9 Å². The Bertz CT molecular complexity index is 1810. The molecule has 0 fully saturated rings. The molecule has 214 valence electrons. The third kappa shape index (κ3) is 6.52. The quantitative estimate of drug-likeness (QED) is 0.173. The summed E-state index contributed by atoms with van der Waals surface area (Å²) in [4.78, 5) is 30.4. The van der Waals surface area contributed by atoms with Gasteiger partial charge in [0.25, 0.3) is 11.5 Å². The number of halogens is 1. The fourth-order valence-corrected chi connectivity index (χ4v) is 5.17. The van der Waals surface area contributed by atoms with Gasteiger partial charge in [-0.3, -0.25) is 9.59 Å². The molecule has 1 amide bonds. The molecular formula is C33H32BrN5O3. The van der Waals surface area contributed by atoms with Crippen molar-refractivity contribution in [3.8, 4) is 11.4 Å². The van der Waals surface area contributed by atoms with E-state index in [1.165, 1.54) is 4.68 Å². The van der Waals surface area contributed by atoms with Crippen LogP contribution in [0.2, 0.25) is 0 Å². The summed E-state index contributed by atoms with van der Waals surface area (Å²) in [5.74, 6) is 1.02. The second kappa shape index (κ2) is 13.0. The van der Waals surface area contributed by atoms with E-state index in [1.807, 2.05) is 86.6 Å². The monoisotopic (exact) mass is 625 g/mol. The summed E-state index contributed by atoms with van der Waals surface area (Å²) >= 11 is 3.46. The number of benzene rings is 3. The molecule has 8 nitrogen and oxygen atoms in total. The van der Waals surface area contributed by atoms with Crippen LogP contribution in [0.5, 0.6) is 5.75 Å². The molecular weight excluding hydrogens is 594 g/mol. The van der Waals surface area contributed by atoms with E-state index in [9.17, 15) is 9.59 Å². The minimum atomic E-state index is -0.225. The van der Waals surface area contributed by atoms with Gasteiger partial charge in [-0.2, -0.15) is 9.78 Å². The number of carbonyl (C=O) groups is 1. The lowest BCUT2D eigenvalue weighted by atomic mass is 10.2. The molecule has 5 aromatic rings. The number of fused-ring (bicyclic) bond motifs is 1. The number of unbranched alkanes of at least 4 members (excludes halogenated alkanes) is 1. The number of rotatable bonds is 10. The van der Waals surface area contributed by atoms with E-state index in [-0.39, 0.29) is 18.1 Å². The Morgan fingerprint density at radius 1 is 1.05 bits per heavy atom. The number of carbonyl (C=O) groups excluding carboxylic acids is 1. The number of hydrogen-bond donors (Lipinski definition) is 1. The molecule has 42 heavy (non-hydrogen) atoms. The van der Waals surface area contributed by atoms with Gasteiger partial charge >= 0.3 is 0 Å². The van der Waals surface area contributed by atoms with Gasteiger partial charge in [0.1, 0.15) is 11.6 Å². The standard InChI is InChI=1S/C33H32BrN5O3/c1-4-5-11-31-37-30-17-12-25(34)19-29(30)33(41)39(31)35-20-24-18-22(2)38(23(24)3)27-13-15-28(16-14-27)42-21-32(40)36-26-9-7-6-8-10-26/h6-10,12-20H,4-5,11,21H2,1-3H3,(H,36,40). The molecule has 2 aromatic heterocycles. The van der Waals surface area contributed by atoms with Crippen LogP contribution in [0.25, 0.3) is 16.6 Å². The van der Waals surface area contributed by atoms with Crippen molar-refractivity contribution in [2.24, 2.45) is 5.10 Å². The summed E-state index contributed by atoms with van der Waals surface area (Å²) in [5, 5.41) is 7.96. The van der Waals surface area contributed by atoms with Crippen LogP contribution in [0.3, 0.4) is 0 Å². The number of para-hydroxylation sites is 1. The minimum absolute atomic E-state index is 0.0867. The summed E-state index contributed by atoms with van der Waals surface area (Å²) < 4.78 is 10.1. The first kappa shape index (κ1) is 29.0. The molecule has 0 aliphatic heterocycles. The van der Waals surface area contributed by atoms with Crippen LogP contribution in [0.4, 0.5) is 5.69 Å². The van der Waals surface area contributed by atoms with E-state index in [0.717, 1.165) is 45.6 Å². The Hall–Kier alpha value is -4.50. The lowest BCUT2D eigenvalue weighted by molar-refractivity contribution is -0.118. The Morgan fingerprint density at radius 3 is 2.55 bits per heavy atom. The number of amides is 1. The second-order valence-electron chi connectivity index (χ2n) is 10.0. The minimum Gasteiger partial charge on any atom is -0.484 e. The van der Waals surface area contributed by atoms with Crippen molar-refractivity contribution < 1.29 is 9.53 Å². The Morgan fingerprint density at radius 2 is 1.81 bits per heavy atom. The maximum Gasteiger partial charge on any atom is 0.282 e. The zero-order chi connectivity index (χ0) is 29.6. The summed E-state index contributed by atoms with van der Waals surface area (Å²) in [6.45, 7) is 6.07. The van der Waals surface area contributed by atoms with Crippen LogP contribution in [-0.4, -0.2) is 33.0 Å². The van der Waals surface area contributed by atoms with Crippen LogP contribution in [-0.2, 0) is 11.2 Å². The average molecular weight is 627 g/mol. The van der Waals surface area contributed by atoms with Crippen molar-refractivity contribution in [1.82, 2.24) is 14.2 Å². The van der Waals surface area contributed by atoms with E-state index in [4.69, 9.17) is 9.72 Å². The number of hydrogen-bond acceptors (Lipinski definition) is 5. The lowest BCUT2D eigenvalue weighted by Gasteiger charge is -2.12. The van der Waals surface area contributed by atoms with Gasteiger partial charge in [0.15, 0.2) is 6.61 Å². The fourth-order valence-electron chi connectivity index (χ4n) is 4.80. The third-order valence-electron chi connectivity index (χ3n) is 6.93. The average Bonchev–Trinajstić information content (AvgIpc) is 3.28. The number of nitrogens with one attached hydrogen (secondary N) is 1. The molecule has 0 saturated heterocycles. The van der Waals surface area contributed by atoms with Crippen LogP contribution in [0.15, 0.2) is 93.2 Å². The van der Waals surface area contributed by atoms with Crippen molar-refractivity contribution in [2.75, 3.05) is 11.9 Å². The molecule has 0 aliphatic rings. The van der Waals surface area contributed by atoms with Crippen LogP contribution >= 0.6 is 15.9 Å². The smallest absolute Gasteiger partial charge is 0.282 e. The zero-order valence-corrected chi connectivity index (χ0v) is 25.4. The molecule has 5 rings (SSSR count). The highest BCUT2D eigenvalue weighted by Gasteiger charge is 2.13. The Balaban J connectivity index is 1.35. The Labute approximate surface area is 252 Å². The number of ether oxygens (including phenoxy) is 1. The molecule has 9 heteroatoms. The van der Waals surface area contributed by atoms with Gasteiger partial charge < -0.3 is 14.6 Å². The highest BCUT2D eigenvalue weighted by atomic mass is 79.9. The third-order valence-corrected chi connectivity index (χ3v) is 7.43. The summed E-state index contributed by atoms with van der Waals surface area (Å²) in [5.41, 5.74) is 5.05. The molecule has 2 heterocycles. The van der Waals surface area contributed by atoms with Gasteiger partial charge in [-0.15, -0.1) is 0 Å². The molecule has 0 spiro atoms. The van der Waals surface area contributed by atoms with Gasteiger partial charge in [0, 0.05) is 39.2 Å². The van der Waals surface area contributed by atoms with Crippen LogP contribution < -0.4 is 15.6 Å². The predicted octanol–water partition coefficient (Wildman–Crippen LogP) is 6.81. The molecule has 1 N–H and O–H groups in total. The van der Waals surface area contributed by atoms with Gasteiger partial charge in [0.05, 0.1) is 17.1 Å². The van der Waals surface area contributed by atoms with E-state index < -0.39 is 0 Å². The van der Waals surface area contributed by atoms with Gasteiger partial charge in [-0.25, -0.2) is 4.98 Å². The predicted molar refractivity (Wildman–Crippen MR) is 171 cm³/mol. The fraction of sp³-hybridized carbons (Fsp3) is 0.212. The maximum absolute atomic E-state index is 13.4. The highest BCUT2D eigenvalue weighted by molar-refractivity contribution is 9.10. The molecule has 0 unspecified atom stereocenters. The first-order valence-electron chi connectivity index (χ1n) is 13.9. The van der Waals surface area contributed by atoms with Gasteiger partial charge in [-0.1, -0.05) is 47.5 Å². The van der Waals surface area contributed by atoms with Crippen molar-refractivity contribution in [3.05, 3.63) is 116 Å². The van der Waals surface area contributed by atoms with Crippen LogP contribution in [0, 0.1) is 13.8 Å². The summed E-state index contributed by atoms with van der Waals surface area (Å²) in [7, 11) is 0. The van der Waals surface area contributed by atoms with E-state index in [1.54, 1.807) is 12.3 Å². The van der Waals surface area contributed by atoms with Crippen LogP contribution in [0.1, 0.15) is 42.5 Å².